The molecule has 0 aliphatic carbocycles. The number of benzene rings is 2. The molecule has 2 aromatic heterocycles. The third-order valence-electron chi connectivity index (χ3n) is 5.04. The maximum absolute atomic E-state index is 13.2. The van der Waals surface area contributed by atoms with Crippen molar-refractivity contribution < 1.29 is 9.59 Å². The maximum atomic E-state index is 13.2. The standard InChI is InChI=1S/C26H26N4O2S2/c1-18(2)30(22-12-10-20(11-13-22)27-19-7-4-3-5-8-19)25(32)15-21-17-34-26(28-21)29-24(31)16-23-9-6-14-33-23/h3-14,17-18,27H,15-16H2,1-2H3,(H,28,29,31). The average molecular weight is 491 g/mol. The van der Waals surface area contributed by atoms with E-state index in [-0.39, 0.29) is 24.3 Å². The highest BCUT2D eigenvalue weighted by atomic mass is 32.1. The molecule has 0 saturated carbocycles. The number of nitrogens with zero attached hydrogens (tertiary/aromatic N) is 2. The number of thiazole rings is 1. The molecule has 4 aromatic rings. The summed E-state index contributed by atoms with van der Waals surface area (Å²) >= 11 is 2.88. The molecule has 2 amide bonds. The fourth-order valence-electron chi connectivity index (χ4n) is 3.54. The van der Waals surface area contributed by atoms with Crippen LogP contribution in [-0.2, 0) is 22.4 Å². The largest absolute Gasteiger partial charge is 0.356 e. The molecule has 6 nitrogen and oxygen atoms in total. The van der Waals surface area contributed by atoms with E-state index in [9.17, 15) is 9.59 Å². The number of hydrogen-bond acceptors (Lipinski definition) is 6. The molecule has 0 aliphatic rings. The fourth-order valence-corrected chi connectivity index (χ4v) is 4.97. The third kappa shape index (κ3) is 6.30. The van der Waals surface area contributed by atoms with Gasteiger partial charge in [0.2, 0.25) is 11.8 Å². The quantitative estimate of drug-likeness (QED) is 0.297. The summed E-state index contributed by atoms with van der Waals surface area (Å²) in [7, 11) is 0. The van der Waals surface area contributed by atoms with Crippen LogP contribution in [0, 0.1) is 0 Å². The molecular weight excluding hydrogens is 464 g/mol. The van der Waals surface area contributed by atoms with Crippen LogP contribution in [0.15, 0.2) is 77.5 Å². The Morgan fingerprint density at radius 2 is 1.65 bits per heavy atom. The molecule has 2 aromatic carbocycles. The van der Waals surface area contributed by atoms with E-state index in [0.717, 1.165) is 21.9 Å². The number of nitrogens with one attached hydrogen (secondary N) is 2. The van der Waals surface area contributed by atoms with Crippen LogP contribution in [0.2, 0.25) is 0 Å². The summed E-state index contributed by atoms with van der Waals surface area (Å²) in [4.78, 5) is 32.6. The molecule has 4 rings (SSSR count). The van der Waals surface area contributed by atoms with Crippen LogP contribution in [-0.4, -0.2) is 22.8 Å². The van der Waals surface area contributed by atoms with E-state index in [1.54, 1.807) is 16.2 Å². The van der Waals surface area contributed by atoms with Crippen molar-refractivity contribution in [3.05, 3.63) is 88.1 Å². The second kappa shape index (κ2) is 11.1. The predicted molar refractivity (Wildman–Crippen MR) is 141 cm³/mol. The summed E-state index contributed by atoms with van der Waals surface area (Å²) in [5.41, 5.74) is 3.44. The molecular formula is C26H26N4O2S2. The average Bonchev–Trinajstić information content (AvgIpc) is 3.47. The number of anilines is 4. The Kier molecular flexibility index (Phi) is 7.72. The predicted octanol–water partition coefficient (Wildman–Crippen LogP) is 6.11. The van der Waals surface area contributed by atoms with Crippen molar-refractivity contribution in [1.82, 2.24) is 4.98 Å². The van der Waals surface area contributed by atoms with Gasteiger partial charge in [-0.25, -0.2) is 4.98 Å². The second-order valence-corrected chi connectivity index (χ2v) is 9.91. The molecule has 0 aliphatic heterocycles. The molecule has 0 spiro atoms. The van der Waals surface area contributed by atoms with E-state index in [1.807, 2.05) is 91.3 Å². The van der Waals surface area contributed by atoms with Gasteiger partial charge in [0.1, 0.15) is 0 Å². The van der Waals surface area contributed by atoms with E-state index in [0.29, 0.717) is 17.2 Å². The normalized spacial score (nSPS) is 10.8. The van der Waals surface area contributed by atoms with Crippen molar-refractivity contribution in [3.8, 4) is 0 Å². The van der Waals surface area contributed by atoms with Gasteiger partial charge in [-0.2, -0.15) is 0 Å². The van der Waals surface area contributed by atoms with Gasteiger partial charge < -0.3 is 15.5 Å². The Labute approximate surface area is 207 Å². The highest BCUT2D eigenvalue weighted by Gasteiger charge is 2.21. The Morgan fingerprint density at radius 1 is 0.912 bits per heavy atom. The van der Waals surface area contributed by atoms with Crippen LogP contribution in [0.3, 0.4) is 0 Å². The Morgan fingerprint density at radius 3 is 2.32 bits per heavy atom. The number of thiophene rings is 1. The van der Waals surface area contributed by atoms with Crippen molar-refractivity contribution in [2.45, 2.75) is 32.7 Å². The van der Waals surface area contributed by atoms with E-state index >= 15 is 0 Å². The SMILES string of the molecule is CC(C)N(C(=O)Cc1csc(NC(=O)Cc2cccs2)n1)c1ccc(Nc2ccccc2)cc1. The van der Waals surface area contributed by atoms with Crippen molar-refractivity contribution >= 4 is 56.7 Å². The minimum absolute atomic E-state index is 0.0102. The van der Waals surface area contributed by atoms with Crippen molar-refractivity contribution in [2.24, 2.45) is 0 Å². The topological polar surface area (TPSA) is 74.3 Å². The van der Waals surface area contributed by atoms with Crippen molar-refractivity contribution in [1.29, 1.82) is 0 Å². The van der Waals surface area contributed by atoms with Crippen molar-refractivity contribution in [2.75, 3.05) is 15.5 Å². The van der Waals surface area contributed by atoms with Gasteiger partial charge in [0.05, 0.1) is 18.5 Å². The molecule has 0 saturated heterocycles. The van der Waals surface area contributed by atoms with Crippen LogP contribution in [0.4, 0.5) is 22.2 Å². The number of amides is 2. The number of carbonyl (C=O) groups is 2. The molecule has 0 atom stereocenters. The molecule has 174 valence electrons. The van der Waals surface area contributed by atoms with Gasteiger partial charge in [0.25, 0.3) is 0 Å². The summed E-state index contributed by atoms with van der Waals surface area (Å²) < 4.78 is 0. The lowest BCUT2D eigenvalue weighted by molar-refractivity contribution is -0.118. The van der Waals surface area contributed by atoms with Crippen LogP contribution >= 0.6 is 22.7 Å². The number of para-hydroxylation sites is 1. The first-order valence-corrected chi connectivity index (χ1v) is 12.7. The molecule has 0 radical (unpaired) electrons. The number of carbonyl (C=O) groups excluding carboxylic acids is 2. The van der Waals surface area contributed by atoms with Gasteiger partial charge >= 0.3 is 0 Å². The summed E-state index contributed by atoms with van der Waals surface area (Å²) in [6, 6.07) is 21.6. The highest BCUT2D eigenvalue weighted by Crippen LogP contribution is 2.24. The van der Waals surface area contributed by atoms with E-state index in [4.69, 9.17) is 0 Å². The molecule has 0 bridgehead atoms. The first-order valence-electron chi connectivity index (χ1n) is 11.0. The van der Waals surface area contributed by atoms with Crippen LogP contribution in [0.1, 0.15) is 24.4 Å². The monoisotopic (exact) mass is 490 g/mol. The van der Waals surface area contributed by atoms with E-state index in [2.05, 4.69) is 15.6 Å². The van der Waals surface area contributed by atoms with Gasteiger partial charge in [0, 0.05) is 33.4 Å². The fraction of sp³-hybridized carbons (Fsp3) is 0.192. The molecule has 2 N–H and O–H groups in total. The summed E-state index contributed by atoms with van der Waals surface area (Å²) in [6.45, 7) is 3.98. The number of rotatable bonds is 9. The van der Waals surface area contributed by atoms with Gasteiger partial charge in [-0.05, 0) is 61.7 Å². The number of hydrogen-bond donors (Lipinski definition) is 2. The lowest BCUT2D eigenvalue weighted by atomic mass is 10.2. The van der Waals surface area contributed by atoms with Crippen LogP contribution in [0.25, 0.3) is 0 Å². The highest BCUT2D eigenvalue weighted by molar-refractivity contribution is 7.14. The zero-order valence-corrected chi connectivity index (χ0v) is 20.7. The molecule has 8 heteroatoms. The molecule has 34 heavy (non-hydrogen) atoms. The van der Waals surface area contributed by atoms with Crippen molar-refractivity contribution in [3.63, 3.8) is 0 Å². The Hall–Kier alpha value is -3.49. The van der Waals surface area contributed by atoms with Gasteiger partial charge in [-0.1, -0.05) is 24.3 Å². The lowest BCUT2D eigenvalue weighted by Gasteiger charge is -2.27. The zero-order chi connectivity index (χ0) is 23.9. The summed E-state index contributed by atoms with van der Waals surface area (Å²) in [5, 5.41) is 10.5. The third-order valence-corrected chi connectivity index (χ3v) is 6.72. The minimum Gasteiger partial charge on any atom is -0.356 e. The van der Waals surface area contributed by atoms with E-state index < -0.39 is 0 Å². The second-order valence-electron chi connectivity index (χ2n) is 8.02. The van der Waals surface area contributed by atoms with E-state index in [1.165, 1.54) is 11.3 Å². The molecule has 0 unspecified atom stereocenters. The lowest BCUT2D eigenvalue weighted by Crippen LogP contribution is -2.38. The zero-order valence-electron chi connectivity index (χ0n) is 19.0. The Balaban J connectivity index is 1.38. The molecule has 0 fully saturated rings. The van der Waals surface area contributed by atoms with Crippen LogP contribution in [0.5, 0.6) is 0 Å². The van der Waals surface area contributed by atoms with Gasteiger partial charge in [0.15, 0.2) is 5.13 Å². The smallest absolute Gasteiger partial charge is 0.233 e. The van der Waals surface area contributed by atoms with Crippen LogP contribution < -0.4 is 15.5 Å². The number of aromatic nitrogens is 1. The molecule has 2 heterocycles. The van der Waals surface area contributed by atoms with Gasteiger partial charge in [-0.3, -0.25) is 9.59 Å². The van der Waals surface area contributed by atoms with Gasteiger partial charge in [-0.15, -0.1) is 22.7 Å². The minimum atomic E-state index is -0.109. The first kappa shape index (κ1) is 23.7. The first-order chi connectivity index (χ1) is 16.5. The Bertz CT molecular complexity index is 1220. The summed E-state index contributed by atoms with van der Waals surface area (Å²) in [6.07, 6.45) is 0.487. The summed E-state index contributed by atoms with van der Waals surface area (Å²) in [5.74, 6) is -0.150. The maximum Gasteiger partial charge on any atom is 0.233 e.